The Morgan fingerprint density at radius 1 is 1.02 bits per heavy atom. The normalized spacial score (nSPS) is 17.4. The number of thiazole rings is 1. The maximum absolute atomic E-state index is 14.0. The lowest BCUT2D eigenvalue weighted by atomic mass is 10.0. The van der Waals surface area contributed by atoms with Crippen LogP contribution in [0.15, 0.2) is 30.5 Å². The molecule has 2 aliphatic heterocycles. The van der Waals surface area contributed by atoms with Crippen LogP contribution >= 0.6 is 11.3 Å². The Balaban J connectivity index is 1.43. The van der Waals surface area contributed by atoms with Gasteiger partial charge in [-0.3, -0.25) is 0 Å². The van der Waals surface area contributed by atoms with E-state index in [2.05, 4.69) is 15.0 Å². The van der Waals surface area contributed by atoms with Gasteiger partial charge in [0.2, 0.25) is 0 Å². The van der Waals surface area contributed by atoms with Crippen molar-refractivity contribution < 1.29 is 19.1 Å². The molecule has 1 aromatic carbocycles. The summed E-state index contributed by atoms with van der Waals surface area (Å²) >= 11 is 1.58. The smallest absolute Gasteiger partial charge is 0.420 e. The molecule has 1 atom stereocenters. The summed E-state index contributed by atoms with van der Waals surface area (Å²) in [5.41, 5.74) is 1.83. The summed E-state index contributed by atoms with van der Waals surface area (Å²) in [6, 6.07) is 7.74. The Morgan fingerprint density at radius 2 is 1.79 bits per heavy atom. The molecule has 2 amide bonds. The number of piperidine rings is 1. The van der Waals surface area contributed by atoms with Gasteiger partial charge in [0, 0.05) is 37.3 Å². The highest BCUT2D eigenvalue weighted by molar-refractivity contribution is 7.18. The number of aromatic nitrogens is 4. The molecule has 6 rings (SSSR count). The van der Waals surface area contributed by atoms with Crippen molar-refractivity contribution in [2.24, 2.45) is 0 Å². The zero-order valence-corrected chi connectivity index (χ0v) is 26.7. The number of likely N-dealkylation sites (tertiary alicyclic amines) is 1. The van der Waals surface area contributed by atoms with E-state index in [1.807, 2.05) is 72.7 Å². The molecule has 0 aliphatic carbocycles. The predicted octanol–water partition coefficient (Wildman–Crippen LogP) is 6.48. The lowest BCUT2D eigenvalue weighted by Crippen LogP contribution is -2.50. The standard InChI is InChI=1S/C31H39N7O4S/c1-19-33-23-11-10-20(17-24(23)43-19)37(29(40)42-31(5,6)7)27-22-13-16-36(26(22)34-25-12-14-32-38(25)27)21-9-8-15-35(18-21)28(39)41-30(2,3)4/h10-12,14,17,21H,8-9,13,15-16,18H2,1-7H3/t21-/m0/s1. The molecule has 0 spiro atoms. The van der Waals surface area contributed by atoms with Crippen molar-refractivity contribution in [3.63, 3.8) is 0 Å². The summed E-state index contributed by atoms with van der Waals surface area (Å²) in [6.45, 7) is 15.1. The molecule has 0 saturated carbocycles. The second kappa shape index (κ2) is 10.7. The van der Waals surface area contributed by atoms with Gasteiger partial charge in [-0.1, -0.05) is 0 Å². The Morgan fingerprint density at radius 3 is 2.53 bits per heavy atom. The predicted molar refractivity (Wildman–Crippen MR) is 168 cm³/mol. The molecule has 0 bridgehead atoms. The Bertz CT molecular complexity index is 1700. The summed E-state index contributed by atoms with van der Waals surface area (Å²) in [5.74, 6) is 1.42. The average Bonchev–Trinajstić information content (AvgIpc) is 3.63. The fourth-order valence-corrected chi connectivity index (χ4v) is 6.68. The number of anilines is 3. The van der Waals surface area contributed by atoms with Crippen molar-refractivity contribution in [1.29, 1.82) is 0 Å². The molecule has 3 aromatic heterocycles. The molecule has 0 unspecified atom stereocenters. The van der Waals surface area contributed by atoms with Gasteiger partial charge in [-0.2, -0.15) is 9.61 Å². The maximum atomic E-state index is 14.0. The molecular formula is C31H39N7O4S. The van der Waals surface area contributed by atoms with Gasteiger partial charge in [0.25, 0.3) is 0 Å². The van der Waals surface area contributed by atoms with Gasteiger partial charge in [-0.15, -0.1) is 11.3 Å². The van der Waals surface area contributed by atoms with E-state index in [0.717, 1.165) is 39.4 Å². The van der Waals surface area contributed by atoms with E-state index in [-0.39, 0.29) is 12.1 Å². The number of benzene rings is 1. The van der Waals surface area contributed by atoms with Crippen molar-refractivity contribution in [2.75, 3.05) is 29.4 Å². The SMILES string of the molecule is Cc1nc2ccc(N(C(=O)OC(C)(C)C)c3c4c(nc5ccnn35)N([C@H]3CCCN(C(=O)OC(C)(C)C)C3)CC4)cc2s1. The van der Waals surface area contributed by atoms with Gasteiger partial charge in [-0.25, -0.2) is 24.5 Å². The highest BCUT2D eigenvalue weighted by Gasteiger charge is 2.38. The van der Waals surface area contributed by atoms with Gasteiger partial charge in [0.1, 0.15) is 17.0 Å². The van der Waals surface area contributed by atoms with E-state index in [1.54, 1.807) is 31.8 Å². The quantitative estimate of drug-likeness (QED) is 0.261. The Labute approximate surface area is 255 Å². The van der Waals surface area contributed by atoms with Gasteiger partial charge in [-0.05, 0) is 85.9 Å². The number of fused-ring (bicyclic) bond motifs is 3. The number of nitrogens with zero attached hydrogens (tertiary/aromatic N) is 7. The summed E-state index contributed by atoms with van der Waals surface area (Å²) in [6.07, 6.45) is 3.37. The first kappa shape index (κ1) is 29.2. The number of ether oxygens (including phenoxy) is 2. The summed E-state index contributed by atoms with van der Waals surface area (Å²) in [4.78, 5) is 42.3. The van der Waals surface area contributed by atoms with Crippen molar-refractivity contribution >= 4 is 56.7 Å². The van der Waals surface area contributed by atoms with Crippen LogP contribution in [0.1, 0.15) is 65.0 Å². The Kier molecular flexibility index (Phi) is 7.22. The summed E-state index contributed by atoms with van der Waals surface area (Å²) in [5, 5.41) is 5.56. The minimum Gasteiger partial charge on any atom is -0.444 e. The van der Waals surface area contributed by atoms with Crippen LogP contribution in [0.25, 0.3) is 15.9 Å². The molecule has 43 heavy (non-hydrogen) atoms. The van der Waals surface area contributed by atoms with Crippen LogP contribution in [0.4, 0.5) is 26.9 Å². The van der Waals surface area contributed by atoms with Crippen LogP contribution in [0.5, 0.6) is 0 Å². The summed E-state index contributed by atoms with van der Waals surface area (Å²) in [7, 11) is 0. The third-order valence-electron chi connectivity index (χ3n) is 7.47. The first-order valence-corrected chi connectivity index (χ1v) is 15.6. The first-order valence-electron chi connectivity index (χ1n) is 14.8. The van der Waals surface area contributed by atoms with Crippen molar-refractivity contribution in [1.82, 2.24) is 24.5 Å². The molecule has 228 valence electrons. The zero-order chi connectivity index (χ0) is 30.7. The third kappa shape index (κ3) is 5.84. The number of hydrogen-bond donors (Lipinski definition) is 0. The average molecular weight is 606 g/mol. The lowest BCUT2D eigenvalue weighted by molar-refractivity contribution is 0.0198. The monoisotopic (exact) mass is 605 g/mol. The number of carbonyl (C=O) groups excluding carboxylic acids is 2. The van der Waals surface area contributed by atoms with Crippen molar-refractivity contribution in [2.45, 2.75) is 85.0 Å². The van der Waals surface area contributed by atoms with E-state index < -0.39 is 17.3 Å². The second-order valence-electron chi connectivity index (χ2n) is 13.2. The molecule has 2 aliphatic rings. The molecule has 11 nitrogen and oxygen atoms in total. The molecule has 12 heteroatoms. The van der Waals surface area contributed by atoms with Crippen LogP contribution in [-0.4, -0.2) is 73.5 Å². The fourth-order valence-electron chi connectivity index (χ4n) is 5.82. The van der Waals surface area contributed by atoms with E-state index in [9.17, 15) is 9.59 Å². The maximum Gasteiger partial charge on any atom is 0.420 e. The van der Waals surface area contributed by atoms with Crippen LogP contribution in [0.2, 0.25) is 0 Å². The van der Waals surface area contributed by atoms with E-state index >= 15 is 0 Å². The number of hydrogen-bond acceptors (Lipinski definition) is 9. The van der Waals surface area contributed by atoms with E-state index in [0.29, 0.717) is 43.2 Å². The highest BCUT2D eigenvalue weighted by atomic mass is 32.1. The van der Waals surface area contributed by atoms with Crippen molar-refractivity contribution in [3.8, 4) is 0 Å². The topological polar surface area (TPSA) is 105 Å². The molecule has 5 heterocycles. The molecule has 1 fully saturated rings. The second-order valence-corrected chi connectivity index (χ2v) is 14.4. The first-order chi connectivity index (χ1) is 20.3. The van der Waals surface area contributed by atoms with Crippen LogP contribution in [-0.2, 0) is 15.9 Å². The molecule has 1 saturated heterocycles. The molecular weight excluding hydrogens is 566 g/mol. The third-order valence-corrected chi connectivity index (χ3v) is 8.41. The number of rotatable bonds is 3. The minimum atomic E-state index is -0.709. The van der Waals surface area contributed by atoms with Gasteiger partial charge < -0.3 is 19.3 Å². The largest absolute Gasteiger partial charge is 0.444 e. The highest BCUT2D eigenvalue weighted by Crippen LogP contribution is 2.41. The van der Waals surface area contributed by atoms with E-state index in [4.69, 9.17) is 14.5 Å². The molecule has 0 N–H and O–H groups in total. The van der Waals surface area contributed by atoms with Gasteiger partial charge in [0.05, 0.1) is 27.1 Å². The number of amides is 2. The number of aryl methyl sites for hydroxylation is 1. The lowest BCUT2D eigenvalue weighted by Gasteiger charge is -2.39. The molecule has 4 aromatic rings. The number of carbonyl (C=O) groups is 2. The van der Waals surface area contributed by atoms with E-state index in [1.165, 1.54) is 0 Å². The van der Waals surface area contributed by atoms with Crippen LogP contribution in [0.3, 0.4) is 0 Å². The van der Waals surface area contributed by atoms with Crippen LogP contribution in [0, 0.1) is 6.92 Å². The fraction of sp³-hybridized carbons (Fsp3) is 0.516. The van der Waals surface area contributed by atoms with Gasteiger partial charge in [0.15, 0.2) is 11.5 Å². The molecule has 0 radical (unpaired) electrons. The van der Waals surface area contributed by atoms with Crippen molar-refractivity contribution in [3.05, 3.63) is 41.0 Å². The van der Waals surface area contributed by atoms with Gasteiger partial charge >= 0.3 is 12.2 Å². The summed E-state index contributed by atoms with van der Waals surface area (Å²) < 4.78 is 14.4. The zero-order valence-electron chi connectivity index (χ0n) is 25.9. The minimum absolute atomic E-state index is 0.0692. The van der Waals surface area contributed by atoms with Crippen LogP contribution < -0.4 is 9.80 Å². The Hall–Kier alpha value is -3.93.